The Bertz CT molecular complexity index is 1410. The molecule has 1 atom stereocenters. The van der Waals surface area contributed by atoms with Crippen LogP contribution in [0, 0.1) is 5.92 Å². The quantitative estimate of drug-likeness (QED) is 0.269. The first-order chi connectivity index (χ1) is 20.1. The lowest BCUT2D eigenvalue weighted by atomic mass is 10.1. The van der Waals surface area contributed by atoms with Crippen LogP contribution in [0.2, 0.25) is 0 Å². The van der Waals surface area contributed by atoms with Gasteiger partial charge in [0.05, 0.1) is 24.3 Å². The number of benzene rings is 3. The summed E-state index contributed by atoms with van der Waals surface area (Å²) in [5.41, 5.74) is 1.05. The smallest absolute Gasteiger partial charge is 0.264 e. The number of sulfonamides is 1. The van der Waals surface area contributed by atoms with Crippen molar-refractivity contribution in [3.8, 4) is 11.5 Å². The number of rotatable bonds is 15. The second kappa shape index (κ2) is 15.3. The molecule has 1 N–H and O–H groups in total. The van der Waals surface area contributed by atoms with Crippen LogP contribution in [-0.2, 0) is 26.2 Å². The molecule has 226 valence electrons. The number of carbonyl (C=O) groups excluding carboxylic acids is 2. The molecule has 0 aliphatic heterocycles. The largest absolute Gasteiger partial charge is 0.497 e. The number of amides is 2. The van der Waals surface area contributed by atoms with Crippen molar-refractivity contribution < 1.29 is 27.5 Å². The van der Waals surface area contributed by atoms with Crippen molar-refractivity contribution in [2.24, 2.45) is 5.92 Å². The second-order valence-electron chi connectivity index (χ2n) is 10.2. The van der Waals surface area contributed by atoms with E-state index in [1.165, 1.54) is 17.0 Å². The summed E-state index contributed by atoms with van der Waals surface area (Å²) in [5.74, 6) is 0.607. The van der Waals surface area contributed by atoms with Gasteiger partial charge in [0.15, 0.2) is 0 Å². The molecule has 0 aliphatic carbocycles. The molecule has 0 spiro atoms. The lowest BCUT2D eigenvalue weighted by Gasteiger charge is -2.33. The summed E-state index contributed by atoms with van der Waals surface area (Å²) >= 11 is 0. The first-order valence-electron chi connectivity index (χ1n) is 14.1. The highest BCUT2D eigenvalue weighted by Crippen LogP contribution is 2.27. The van der Waals surface area contributed by atoms with E-state index >= 15 is 0 Å². The van der Waals surface area contributed by atoms with Crippen molar-refractivity contribution in [1.29, 1.82) is 0 Å². The maximum absolute atomic E-state index is 14.2. The minimum atomic E-state index is -4.14. The SMILES string of the molecule is CCOc1ccc(N(CC(=O)N(Cc2cccc(OC)c2)C(CC)C(=O)NCC(C)C)S(=O)(=O)c2ccccc2)cc1. The predicted octanol–water partition coefficient (Wildman–Crippen LogP) is 4.87. The topological polar surface area (TPSA) is 105 Å². The number of ether oxygens (including phenoxy) is 2. The van der Waals surface area contributed by atoms with Crippen LogP contribution in [0.4, 0.5) is 5.69 Å². The number of nitrogens with zero attached hydrogens (tertiary/aromatic N) is 2. The Morgan fingerprint density at radius 3 is 2.19 bits per heavy atom. The van der Waals surface area contributed by atoms with E-state index in [2.05, 4.69) is 5.32 Å². The fourth-order valence-corrected chi connectivity index (χ4v) is 5.87. The van der Waals surface area contributed by atoms with E-state index in [0.717, 1.165) is 9.87 Å². The molecule has 0 fully saturated rings. The Morgan fingerprint density at radius 1 is 0.905 bits per heavy atom. The Labute approximate surface area is 249 Å². The number of carbonyl (C=O) groups is 2. The fraction of sp³-hybridized carbons (Fsp3) is 0.375. The van der Waals surface area contributed by atoms with Gasteiger partial charge in [0.1, 0.15) is 24.1 Å². The van der Waals surface area contributed by atoms with Crippen molar-refractivity contribution in [3.05, 3.63) is 84.4 Å². The van der Waals surface area contributed by atoms with Crippen LogP contribution in [-0.4, -0.2) is 58.0 Å². The normalized spacial score (nSPS) is 12.0. The van der Waals surface area contributed by atoms with Crippen LogP contribution in [0.25, 0.3) is 0 Å². The van der Waals surface area contributed by atoms with Gasteiger partial charge in [-0.25, -0.2) is 8.42 Å². The van der Waals surface area contributed by atoms with Crippen LogP contribution < -0.4 is 19.1 Å². The molecule has 0 aromatic heterocycles. The lowest BCUT2D eigenvalue weighted by molar-refractivity contribution is -0.140. The highest BCUT2D eigenvalue weighted by Gasteiger charge is 2.33. The summed E-state index contributed by atoms with van der Waals surface area (Å²) in [7, 11) is -2.59. The van der Waals surface area contributed by atoms with Gasteiger partial charge in [0, 0.05) is 13.1 Å². The van der Waals surface area contributed by atoms with Gasteiger partial charge >= 0.3 is 0 Å². The summed E-state index contributed by atoms with van der Waals surface area (Å²) in [4.78, 5) is 29.0. The first kappa shape index (κ1) is 32.5. The zero-order chi connectivity index (χ0) is 30.7. The molecule has 42 heavy (non-hydrogen) atoms. The number of methoxy groups -OCH3 is 1. The van der Waals surface area contributed by atoms with E-state index in [-0.39, 0.29) is 23.3 Å². The summed E-state index contributed by atoms with van der Waals surface area (Å²) in [5, 5.41) is 2.93. The van der Waals surface area contributed by atoms with E-state index in [1.807, 2.05) is 39.8 Å². The third-order valence-electron chi connectivity index (χ3n) is 6.60. The Morgan fingerprint density at radius 2 is 1.60 bits per heavy atom. The van der Waals surface area contributed by atoms with Gasteiger partial charge < -0.3 is 19.7 Å². The highest BCUT2D eigenvalue weighted by molar-refractivity contribution is 7.92. The van der Waals surface area contributed by atoms with Crippen molar-refractivity contribution >= 4 is 27.5 Å². The first-order valence-corrected chi connectivity index (χ1v) is 15.5. The summed E-state index contributed by atoms with van der Waals surface area (Å²) in [6.07, 6.45) is 0.341. The van der Waals surface area contributed by atoms with Crippen molar-refractivity contribution in [1.82, 2.24) is 10.2 Å². The molecule has 3 aromatic rings. The third kappa shape index (κ3) is 8.48. The molecule has 2 amide bonds. The molecule has 0 bridgehead atoms. The Hall–Kier alpha value is -4.05. The number of anilines is 1. The maximum atomic E-state index is 14.2. The molecule has 3 aromatic carbocycles. The van der Waals surface area contributed by atoms with Gasteiger partial charge in [-0.1, -0.05) is 51.1 Å². The molecular weight excluding hydrogens is 554 g/mol. The van der Waals surface area contributed by atoms with E-state index in [0.29, 0.717) is 36.8 Å². The molecule has 0 saturated heterocycles. The number of nitrogens with one attached hydrogen (secondary N) is 1. The standard InChI is InChI=1S/C32H41N3O6S/c1-6-30(32(37)33-21-24(3)4)34(22-25-12-11-13-28(20-25)40-5)31(36)23-35(26-16-18-27(19-17-26)41-7-2)42(38,39)29-14-9-8-10-15-29/h8-20,24,30H,6-7,21-23H2,1-5H3,(H,33,37). The Kier molecular flexibility index (Phi) is 11.8. The molecule has 0 radical (unpaired) electrons. The predicted molar refractivity (Wildman–Crippen MR) is 164 cm³/mol. The molecule has 0 heterocycles. The zero-order valence-corrected chi connectivity index (χ0v) is 25.8. The van der Waals surface area contributed by atoms with Gasteiger partial charge in [-0.05, 0) is 73.4 Å². The highest BCUT2D eigenvalue weighted by atomic mass is 32.2. The number of hydrogen-bond acceptors (Lipinski definition) is 6. The average Bonchev–Trinajstić information content (AvgIpc) is 2.99. The number of hydrogen-bond donors (Lipinski definition) is 1. The monoisotopic (exact) mass is 595 g/mol. The van der Waals surface area contributed by atoms with Crippen LogP contribution in [0.3, 0.4) is 0 Å². The maximum Gasteiger partial charge on any atom is 0.264 e. The van der Waals surface area contributed by atoms with Crippen molar-refractivity contribution in [3.63, 3.8) is 0 Å². The summed E-state index contributed by atoms with van der Waals surface area (Å²) in [6.45, 7) is 8.16. The third-order valence-corrected chi connectivity index (χ3v) is 8.39. The van der Waals surface area contributed by atoms with E-state index in [9.17, 15) is 18.0 Å². The molecule has 1 unspecified atom stereocenters. The van der Waals surface area contributed by atoms with Crippen LogP contribution in [0.15, 0.2) is 83.8 Å². The van der Waals surface area contributed by atoms with Gasteiger partial charge in [-0.15, -0.1) is 0 Å². The molecule has 0 saturated carbocycles. The lowest BCUT2D eigenvalue weighted by Crippen LogP contribution is -2.52. The molecule has 0 aliphatic rings. The summed E-state index contributed by atoms with van der Waals surface area (Å²) < 4.78 is 39.8. The van der Waals surface area contributed by atoms with E-state index in [4.69, 9.17) is 9.47 Å². The van der Waals surface area contributed by atoms with Crippen molar-refractivity contribution in [2.45, 2.75) is 51.6 Å². The zero-order valence-electron chi connectivity index (χ0n) is 24.9. The van der Waals surface area contributed by atoms with Crippen LogP contribution in [0.5, 0.6) is 11.5 Å². The van der Waals surface area contributed by atoms with Gasteiger partial charge in [-0.3, -0.25) is 13.9 Å². The van der Waals surface area contributed by atoms with Gasteiger partial charge in [-0.2, -0.15) is 0 Å². The van der Waals surface area contributed by atoms with Gasteiger partial charge in [0.2, 0.25) is 11.8 Å². The minimum absolute atomic E-state index is 0.0488. The second-order valence-corrected chi connectivity index (χ2v) is 12.1. The molecule has 3 rings (SSSR count). The van der Waals surface area contributed by atoms with Crippen molar-refractivity contribution in [2.75, 3.05) is 31.1 Å². The van der Waals surface area contributed by atoms with E-state index in [1.54, 1.807) is 61.7 Å². The van der Waals surface area contributed by atoms with Gasteiger partial charge in [0.25, 0.3) is 10.0 Å². The van der Waals surface area contributed by atoms with Crippen LogP contribution in [0.1, 0.15) is 39.7 Å². The summed E-state index contributed by atoms with van der Waals surface area (Å²) in [6, 6.07) is 20.9. The molecule has 10 heteroatoms. The average molecular weight is 596 g/mol. The molecular formula is C32H41N3O6S. The van der Waals surface area contributed by atoms with Crippen LogP contribution >= 0.6 is 0 Å². The minimum Gasteiger partial charge on any atom is -0.497 e. The molecule has 9 nitrogen and oxygen atoms in total. The van der Waals surface area contributed by atoms with E-state index < -0.39 is 28.5 Å². The Balaban J connectivity index is 2.04. The fourth-order valence-electron chi connectivity index (χ4n) is 4.43.